The van der Waals surface area contributed by atoms with Gasteiger partial charge < -0.3 is 5.32 Å². The molecule has 3 nitrogen and oxygen atoms in total. The Morgan fingerprint density at radius 2 is 2.29 bits per heavy atom. The number of aryl methyl sites for hydroxylation is 1. The average Bonchev–Trinajstić information content (AvgIpc) is 3.00. The van der Waals surface area contributed by atoms with Crippen LogP contribution in [0.4, 0.5) is 0 Å². The van der Waals surface area contributed by atoms with Gasteiger partial charge in [-0.2, -0.15) is 5.10 Å². The Kier molecular flexibility index (Phi) is 2.69. The second-order valence-electron chi connectivity index (χ2n) is 4.76. The van der Waals surface area contributed by atoms with Gasteiger partial charge in [-0.15, -0.1) is 0 Å². The first-order valence-corrected chi connectivity index (χ1v) is 6.15. The SMILES string of the molecule is Cc1cccc(-c2cn[nH]c2C2CCNC2)c1. The van der Waals surface area contributed by atoms with Crippen LogP contribution in [0.1, 0.15) is 23.6 Å². The summed E-state index contributed by atoms with van der Waals surface area (Å²) in [7, 11) is 0. The van der Waals surface area contributed by atoms with Crippen molar-refractivity contribution in [1.82, 2.24) is 15.5 Å². The van der Waals surface area contributed by atoms with E-state index in [2.05, 4.69) is 46.7 Å². The molecule has 0 saturated carbocycles. The molecule has 0 spiro atoms. The molecule has 1 aromatic carbocycles. The van der Waals surface area contributed by atoms with Gasteiger partial charge in [0, 0.05) is 23.7 Å². The zero-order chi connectivity index (χ0) is 11.7. The summed E-state index contributed by atoms with van der Waals surface area (Å²) < 4.78 is 0. The Labute approximate surface area is 101 Å². The van der Waals surface area contributed by atoms with E-state index in [0.29, 0.717) is 5.92 Å². The van der Waals surface area contributed by atoms with Crippen LogP contribution >= 0.6 is 0 Å². The molecule has 88 valence electrons. The summed E-state index contributed by atoms with van der Waals surface area (Å²) in [6, 6.07) is 8.61. The molecule has 2 heterocycles. The summed E-state index contributed by atoms with van der Waals surface area (Å²) in [4.78, 5) is 0. The first-order valence-electron chi connectivity index (χ1n) is 6.15. The molecule has 3 heteroatoms. The molecule has 1 unspecified atom stereocenters. The third-order valence-corrected chi connectivity index (χ3v) is 3.47. The fourth-order valence-electron chi connectivity index (χ4n) is 2.55. The zero-order valence-electron chi connectivity index (χ0n) is 10.0. The lowest BCUT2D eigenvalue weighted by molar-refractivity contribution is 0.730. The molecule has 1 atom stereocenters. The molecular weight excluding hydrogens is 210 g/mol. The predicted molar refractivity (Wildman–Crippen MR) is 69.0 cm³/mol. The minimum absolute atomic E-state index is 0.577. The molecule has 0 amide bonds. The van der Waals surface area contributed by atoms with Crippen LogP contribution in [0.3, 0.4) is 0 Å². The van der Waals surface area contributed by atoms with Crippen molar-refractivity contribution in [1.29, 1.82) is 0 Å². The van der Waals surface area contributed by atoms with Gasteiger partial charge in [0.15, 0.2) is 0 Å². The normalized spacial score (nSPS) is 19.7. The second kappa shape index (κ2) is 4.34. The molecule has 1 aromatic heterocycles. The molecular formula is C14H17N3. The number of hydrogen-bond acceptors (Lipinski definition) is 2. The van der Waals surface area contributed by atoms with Gasteiger partial charge in [0.25, 0.3) is 0 Å². The quantitative estimate of drug-likeness (QED) is 0.827. The van der Waals surface area contributed by atoms with Crippen LogP contribution in [0.25, 0.3) is 11.1 Å². The number of rotatable bonds is 2. The zero-order valence-corrected chi connectivity index (χ0v) is 10.0. The maximum Gasteiger partial charge on any atom is 0.0568 e. The Bertz CT molecular complexity index is 510. The molecule has 2 N–H and O–H groups in total. The standard InChI is InChI=1S/C14H17N3/c1-10-3-2-4-11(7-10)13-9-16-17-14(13)12-5-6-15-8-12/h2-4,7,9,12,15H,5-6,8H2,1H3,(H,16,17). The predicted octanol–water partition coefficient (Wildman–Crippen LogP) is 2.46. The molecule has 1 saturated heterocycles. The molecule has 3 rings (SSSR count). The number of aromatic nitrogens is 2. The fourth-order valence-corrected chi connectivity index (χ4v) is 2.55. The van der Waals surface area contributed by atoms with Crippen molar-refractivity contribution in [2.75, 3.05) is 13.1 Å². The number of nitrogens with one attached hydrogen (secondary N) is 2. The van der Waals surface area contributed by atoms with Gasteiger partial charge in [0.1, 0.15) is 0 Å². The van der Waals surface area contributed by atoms with Gasteiger partial charge in [-0.05, 0) is 25.5 Å². The van der Waals surface area contributed by atoms with Crippen molar-refractivity contribution in [2.24, 2.45) is 0 Å². The highest BCUT2D eigenvalue weighted by atomic mass is 15.1. The summed E-state index contributed by atoms with van der Waals surface area (Å²) in [5.41, 5.74) is 5.09. The fraction of sp³-hybridized carbons (Fsp3) is 0.357. The largest absolute Gasteiger partial charge is 0.316 e. The van der Waals surface area contributed by atoms with E-state index in [1.165, 1.54) is 28.8 Å². The smallest absolute Gasteiger partial charge is 0.0568 e. The minimum Gasteiger partial charge on any atom is -0.316 e. The van der Waals surface area contributed by atoms with Gasteiger partial charge >= 0.3 is 0 Å². The first-order chi connectivity index (χ1) is 8.34. The lowest BCUT2D eigenvalue weighted by atomic mass is 9.96. The van der Waals surface area contributed by atoms with Crippen molar-refractivity contribution in [3.8, 4) is 11.1 Å². The minimum atomic E-state index is 0.577. The van der Waals surface area contributed by atoms with Crippen molar-refractivity contribution in [3.63, 3.8) is 0 Å². The lowest BCUT2D eigenvalue weighted by Crippen LogP contribution is -2.08. The number of hydrogen-bond donors (Lipinski definition) is 2. The van der Waals surface area contributed by atoms with Gasteiger partial charge in [-0.25, -0.2) is 0 Å². The lowest BCUT2D eigenvalue weighted by Gasteiger charge is -2.09. The Morgan fingerprint density at radius 1 is 1.35 bits per heavy atom. The van der Waals surface area contributed by atoms with Gasteiger partial charge in [-0.3, -0.25) is 5.10 Å². The van der Waals surface area contributed by atoms with Crippen LogP contribution in [0.15, 0.2) is 30.5 Å². The summed E-state index contributed by atoms with van der Waals surface area (Å²) in [5.74, 6) is 0.577. The molecule has 17 heavy (non-hydrogen) atoms. The highest BCUT2D eigenvalue weighted by Crippen LogP contribution is 2.30. The van der Waals surface area contributed by atoms with E-state index in [1.807, 2.05) is 6.20 Å². The summed E-state index contributed by atoms with van der Waals surface area (Å²) in [6.07, 6.45) is 3.14. The van der Waals surface area contributed by atoms with Crippen LogP contribution < -0.4 is 5.32 Å². The number of H-pyrrole nitrogens is 1. The molecule has 1 fully saturated rings. The van der Waals surface area contributed by atoms with E-state index < -0.39 is 0 Å². The maximum absolute atomic E-state index is 4.22. The van der Waals surface area contributed by atoms with E-state index in [4.69, 9.17) is 0 Å². The summed E-state index contributed by atoms with van der Waals surface area (Å²) in [6.45, 7) is 4.29. The number of benzene rings is 1. The van der Waals surface area contributed by atoms with Crippen LogP contribution in [-0.2, 0) is 0 Å². The van der Waals surface area contributed by atoms with Crippen LogP contribution in [-0.4, -0.2) is 23.3 Å². The highest BCUT2D eigenvalue weighted by molar-refractivity contribution is 5.66. The summed E-state index contributed by atoms with van der Waals surface area (Å²) >= 11 is 0. The van der Waals surface area contributed by atoms with Gasteiger partial charge in [-0.1, -0.05) is 29.8 Å². The third-order valence-electron chi connectivity index (χ3n) is 3.47. The monoisotopic (exact) mass is 227 g/mol. The molecule has 2 aromatic rings. The van der Waals surface area contributed by atoms with Crippen LogP contribution in [0.2, 0.25) is 0 Å². The Balaban J connectivity index is 2.00. The van der Waals surface area contributed by atoms with E-state index in [-0.39, 0.29) is 0 Å². The van der Waals surface area contributed by atoms with Crippen LogP contribution in [0.5, 0.6) is 0 Å². The van der Waals surface area contributed by atoms with Crippen molar-refractivity contribution < 1.29 is 0 Å². The maximum atomic E-state index is 4.22. The van der Waals surface area contributed by atoms with E-state index >= 15 is 0 Å². The van der Waals surface area contributed by atoms with Crippen LogP contribution in [0, 0.1) is 6.92 Å². The average molecular weight is 227 g/mol. The highest BCUT2D eigenvalue weighted by Gasteiger charge is 2.21. The van der Waals surface area contributed by atoms with Crippen molar-refractivity contribution >= 4 is 0 Å². The summed E-state index contributed by atoms with van der Waals surface area (Å²) in [5, 5.41) is 10.8. The molecule has 0 bridgehead atoms. The second-order valence-corrected chi connectivity index (χ2v) is 4.76. The molecule has 0 radical (unpaired) electrons. The van der Waals surface area contributed by atoms with E-state index in [0.717, 1.165) is 13.1 Å². The molecule has 0 aliphatic carbocycles. The Hall–Kier alpha value is -1.61. The molecule has 1 aliphatic rings. The topological polar surface area (TPSA) is 40.7 Å². The van der Waals surface area contributed by atoms with E-state index in [1.54, 1.807) is 0 Å². The Morgan fingerprint density at radius 3 is 3.06 bits per heavy atom. The first kappa shape index (κ1) is 10.5. The number of aromatic amines is 1. The molecule has 1 aliphatic heterocycles. The van der Waals surface area contributed by atoms with Crippen molar-refractivity contribution in [2.45, 2.75) is 19.3 Å². The van der Waals surface area contributed by atoms with Gasteiger partial charge in [0.2, 0.25) is 0 Å². The van der Waals surface area contributed by atoms with Crippen molar-refractivity contribution in [3.05, 3.63) is 41.7 Å². The number of nitrogens with zero attached hydrogens (tertiary/aromatic N) is 1. The van der Waals surface area contributed by atoms with E-state index in [9.17, 15) is 0 Å². The van der Waals surface area contributed by atoms with Gasteiger partial charge in [0.05, 0.1) is 6.20 Å². The third kappa shape index (κ3) is 1.98.